The molecule has 1 fully saturated rings. The first-order valence-electron chi connectivity index (χ1n) is 7.19. The van der Waals surface area contributed by atoms with Crippen molar-refractivity contribution in [3.8, 4) is 0 Å². The van der Waals surface area contributed by atoms with E-state index < -0.39 is 0 Å². The fourth-order valence-electron chi connectivity index (χ4n) is 3.91. The molecule has 0 bridgehead atoms. The van der Waals surface area contributed by atoms with Gasteiger partial charge < -0.3 is 0 Å². The van der Waals surface area contributed by atoms with E-state index in [9.17, 15) is 4.79 Å². The van der Waals surface area contributed by atoms with Crippen molar-refractivity contribution in [3.63, 3.8) is 0 Å². The summed E-state index contributed by atoms with van der Waals surface area (Å²) in [6.07, 6.45) is 5.00. The SMILES string of the molecule is CC1=C[C@H]2[C@@H](C(C)C)CC[C@@](C)(N=C=S)[C@@H]2CC1=O. The van der Waals surface area contributed by atoms with Crippen LogP contribution in [0.2, 0.25) is 0 Å². The molecule has 0 aromatic heterocycles. The molecular weight excluding hydrogens is 254 g/mol. The standard InChI is InChI=1S/C16H23NOS/c1-10(2)12-5-6-16(4,17-9-19)14-8-15(18)11(3)7-13(12)14/h7,10,12-14H,5-6,8H2,1-4H3/t12-,13+,14-,16-/m1/s1. The first-order chi connectivity index (χ1) is 8.89. The number of nitrogens with zero attached hydrogens (tertiary/aromatic N) is 1. The normalized spacial score (nSPS) is 38.5. The zero-order valence-electron chi connectivity index (χ0n) is 12.3. The maximum Gasteiger partial charge on any atom is 0.158 e. The first-order valence-corrected chi connectivity index (χ1v) is 7.60. The van der Waals surface area contributed by atoms with E-state index in [1.807, 2.05) is 6.92 Å². The molecule has 2 rings (SSSR count). The highest BCUT2D eigenvalue weighted by Crippen LogP contribution is 2.50. The number of carbonyl (C=O) groups is 1. The molecule has 2 aliphatic carbocycles. The fraction of sp³-hybridized carbons (Fsp3) is 0.750. The van der Waals surface area contributed by atoms with Crippen LogP contribution < -0.4 is 0 Å². The van der Waals surface area contributed by atoms with Crippen LogP contribution in [0.5, 0.6) is 0 Å². The molecule has 3 heteroatoms. The molecule has 104 valence electrons. The van der Waals surface area contributed by atoms with Crippen LogP contribution in [-0.4, -0.2) is 16.5 Å². The molecule has 1 saturated carbocycles. The molecule has 0 aromatic carbocycles. The number of hydrogen-bond donors (Lipinski definition) is 0. The number of rotatable bonds is 2. The van der Waals surface area contributed by atoms with E-state index in [0.717, 1.165) is 18.4 Å². The lowest BCUT2D eigenvalue weighted by Crippen LogP contribution is -2.48. The molecule has 4 atom stereocenters. The van der Waals surface area contributed by atoms with Gasteiger partial charge in [0.15, 0.2) is 5.78 Å². The smallest absolute Gasteiger partial charge is 0.158 e. The molecule has 19 heavy (non-hydrogen) atoms. The minimum atomic E-state index is -0.204. The van der Waals surface area contributed by atoms with Crippen LogP contribution in [0.3, 0.4) is 0 Å². The Balaban J connectivity index is 2.42. The van der Waals surface area contributed by atoms with Gasteiger partial charge in [-0.15, -0.1) is 0 Å². The summed E-state index contributed by atoms with van der Waals surface area (Å²) >= 11 is 4.82. The maximum atomic E-state index is 12.1. The van der Waals surface area contributed by atoms with Crippen LogP contribution in [-0.2, 0) is 4.79 Å². The van der Waals surface area contributed by atoms with Crippen molar-refractivity contribution in [2.45, 2.75) is 52.5 Å². The predicted molar refractivity (Wildman–Crippen MR) is 81.4 cm³/mol. The van der Waals surface area contributed by atoms with Gasteiger partial charge in [-0.1, -0.05) is 19.9 Å². The van der Waals surface area contributed by atoms with Crippen LogP contribution in [0.4, 0.5) is 0 Å². The Morgan fingerprint density at radius 1 is 1.53 bits per heavy atom. The summed E-state index contributed by atoms with van der Waals surface area (Å²) in [7, 11) is 0. The maximum absolute atomic E-state index is 12.1. The van der Waals surface area contributed by atoms with E-state index in [1.165, 1.54) is 0 Å². The summed E-state index contributed by atoms with van der Waals surface area (Å²) in [4.78, 5) is 16.5. The lowest BCUT2D eigenvalue weighted by atomic mass is 9.57. The van der Waals surface area contributed by atoms with Crippen molar-refractivity contribution < 1.29 is 4.79 Å². The van der Waals surface area contributed by atoms with Gasteiger partial charge in [-0.3, -0.25) is 4.79 Å². The first kappa shape index (κ1) is 14.6. The summed E-state index contributed by atoms with van der Waals surface area (Å²) in [6.45, 7) is 8.66. The highest BCUT2D eigenvalue weighted by atomic mass is 32.1. The van der Waals surface area contributed by atoms with E-state index in [1.54, 1.807) is 0 Å². The Kier molecular flexibility index (Phi) is 4.08. The number of ketones is 1. The Morgan fingerprint density at radius 3 is 2.79 bits per heavy atom. The number of allylic oxidation sites excluding steroid dienone is 2. The molecule has 0 heterocycles. The second-order valence-corrected chi connectivity index (χ2v) is 6.85. The topological polar surface area (TPSA) is 29.4 Å². The van der Waals surface area contributed by atoms with Gasteiger partial charge in [-0.25, -0.2) is 4.99 Å². The summed E-state index contributed by atoms with van der Waals surface area (Å²) in [5, 5.41) is 2.56. The third kappa shape index (κ3) is 2.59. The number of aliphatic imine (C=N–C) groups is 1. The van der Waals surface area contributed by atoms with Gasteiger partial charge in [0.1, 0.15) is 0 Å². The van der Waals surface area contributed by atoms with Gasteiger partial charge in [0.2, 0.25) is 0 Å². The van der Waals surface area contributed by atoms with Crippen molar-refractivity contribution >= 4 is 23.2 Å². The fourth-order valence-corrected chi connectivity index (χ4v) is 4.12. The quantitative estimate of drug-likeness (QED) is 0.562. The van der Waals surface area contributed by atoms with E-state index >= 15 is 0 Å². The second-order valence-electron chi connectivity index (χ2n) is 6.67. The van der Waals surface area contributed by atoms with Crippen LogP contribution in [0.1, 0.15) is 47.0 Å². The molecule has 0 unspecified atom stereocenters. The van der Waals surface area contributed by atoms with E-state index in [2.05, 4.69) is 37.0 Å². The van der Waals surface area contributed by atoms with Crippen LogP contribution in [0.25, 0.3) is 0 Å². The highest BCUT2D eigenvalue weighted by molar-refractivity contribution is 7.78. The van der Waals surface area contributed by atoms with Gasteiger partial charge in [0.25, 0.3) is 0 Å². The van der Waals surface area contributed by atoms with E-state index in [-0.39, 0.29) is 11.3 Å². The average molecular weight is 277 g/mol. The summed E-state index contributed by atoms with van der Waals surface area (Å²) in [5.74, 6) is 2.33. The van der Waals surface area contributed by atoms with Gasteiger partial charge in [0, 0.05) is 6.42 Å². The number of hydrogen-bond acceptors (Lipinski definition) is 3. The zero-order chi connectivity index (χ0) is 14.2. The van der Waals surface area contributed by atoms with Crippen LogP contribution in [0, 0.1) is 23.7 Å². The van der Waals surface area contributed by atoms with Crippen molar-refractivity contribution in [2.75, 3.05) is 0 Å². The van der Waals surface area contributed by atoms with Gasteiger partial charge >= 0.3 is 0 Å². The summed E-state index contributed by atoms with van der Waals surface area (Å²) < 4.78 is 0. The molecular formula is C16H23NOS. The molecule has 0 radical (unpaired) electrons. The van der Waals surface area contributed by atoms with E-state index in [0.29, 0.717) is 30.1 Å². The Hall–Kier alpha value is -0.790. The van der Waals surface area contributed by atoms with Gasteiger partial charge in [-0.05, 0) is 68.2 Å². The van der Waals surface area contributed by atoms with Crippen molar-refractivity contribution in [2.24, 2.45) is 28.7 Å². The molecule has 0 aromatic rings. The molecule has 2 nitrogen and oxygen atoms in total. The highest BCUT2D eigenvalue weighted by Gasteiger charge is 2.48. The number of thiocarbonyl (C=S) groups is 1. The van der Waals surface area contributed by atoms with Crippen molar-refractivity contribution in [1.29, 1.82) is 0 Å². The van der Waals surface area contributed by atoms with Gasteiger partial charge in [0.05, 0.1) is 10.7 Å². The third-order valence-corrected chi connectivity index (χ3v) is 5.28. The lowest BCUT2D eigenvalue weighted by Gasteiger charge is -2.49. The third-order valence-electron chi connectivity index (χ3n) is 5.19. The largest absolute Gasteiger partial charge is 0.295 e. The van der Waals surface area contributed by atoms with E-state index in [4.69, 9.17) is 12.2 Å². The molecule has 0 spiro atoms. The molecule has 0 amide bonds. The molecule has 2 aliphatic rings. The van der Waals surface area contributed by atoms with Crippen LogP contribution in [0.15, 0.2) is 16.6 Å². The molecule has 0 N–H and O–H groups in total. The van der Waals surface area contributed by atoms with Crippen molar-refractivity contribution in [1.82, 2.24) is 0 Å². The number of isothiocyanates is 1. The van der Waals surface area contributed by atoms with Crippen molar-refractivity contribution in [3.05, 3.63) is 11.6 Å². The Morgan fingerprint density at radius 2 is 2.21 bits per heavy atom. The molecule has 0 saturated heterocycles. The number of Topliss-reactive ketones (excluding diaryl/α,β-unsaturated/α-hetero) is 1. The van der Waals surface area contributed by atoms with Crippen LogP contribution >= 0.6 is 12.2 Å². The summed E-state index contributed by atoms with van der Waals surface area (Å²) in [6, 6.07) is 0. The lowest BCUT2D eigenvalue weighted by molar-refractivity contribution is -0.119. The molecule has 0 aliphatic heterocycles. The minimum Gasteiger partial charge on any atom is -0.295 e. The van der Waals surface area contributed by atoms with Gasteiger partial charge in [-0.2, -0.15) is 0 Å². The Bertz CT molecular complexity index is 461. The average Bonchev–Trinajstić information content (AvgIpc) is 2.32. The zero-order valence-corrected chi connectivity index (χ0v) is 13.1. The number of fused-ring (bicyclic) bond motifs is 1. The second kappa shape index (κ2) is 5.30. The Labute approximate surface area is 121 Å². The summed E-state index contributed by atoms with van der Waals surface area (Å²) in [5.41, 5.74) is 0.729. The number of carbonyl (C=O) groups excluding carboxylic acids is 1. The predicted octanol–water partition coefficient (Wildman–Crippen LogP) is 4.07. The minimum absolute atomic E-state index is 0.204. The monoisotopic (exact) mass is 277 g/mol.